The average Bonchev–Trinajstić information content (AvgIpc) is 3.07. The van der Waals surface area contributed by atoms with Gasteiger partial charge in [-0.1, -0.05) is 6.07 Å². The Bertz CT molecular complexity index is 531. The van der Waals surface area contributed by atoms with Gasteiger partial charge < -0.3 is 15.2 Å². The van der Waals surface area contributed by atoms with Crippen LogP contribution in [0.15, 0.2) is 18.2 Å². The quantitative estimate of drug-likeness (QED) is 0.894. The van der Waals surface area contributed by atoms with Gasteiger partial charge in [0.2, 0.25) is 0 Å². The molecule has 1 aliphatic carbocycles. The molecule has 0 radical (unpaired) electrons. The van der Waals surface area contributed by atoms with Crippen molar-refractivity contribution in [2.24, 2.45) is 5.73 Å². The molecule has 0 bridgehead atoms. The highest BCUT2D eigenvalue weighted by atomic mass is 16.6. The molecule has 1 fully saturated rings. The molecule has 0 spiro atoms. The first kappa shape index (κ1) is 15.6. The van der Waals surface area contributed by atoms with Crippen LogP contribution in [0.3, 0.4) is 0 Å². The first-order valence-electron chi connectivity index (χ1n) is 7.17. The van der Waals surface area contributed by atoms with Crippen LogP contribution < -0.4 is 15.8 Å². The number of carbonyl (C=O) groups excluding carboxylic acids is 1. The maximum atomic E-state index is 12.0. The molecule has 2 rings (SSSR count). The molecule has 1 aliphatic rings. The van der Waals surface area contributed by atoms with Crippen LogP contribution in [0.2, 0.25) is 0 Å². The van der Waals surface area contributed by atoms with Crippen molar-refractivity contribution in [3.8, 4) is 5.75 Å². The molecule has 21 heavy (non-hydrogen) atoms. The number of nitrogens with two attached hydrogens (primary N) is 1. The van der Waals surface area contributed by atoms with Crippen molar-refractivity contribution in [2.75, 3.05) is 12.4 Å². The van der Waals surface area contributed by atoms with E-state index in [2.05, 4.69) is 5.32 Å². The average molecular weight is 292 g/mol. The van der Waals surface area contributed by atoms with Crippen LogP contribution in [0, 0.1) is 0 Å². The number of nitrogens with one attached hydrogen (secondary N) is 1. The molecular formula is C16H24N2O3. The summed E-state index contributed by atoms with van der Waals surface area (Å²) in [6, 6.07) is 5.62. The van der Waals surface area contributed by atoms with E-state index in [0.717, 1.165) is 24.8 Å². The molecule has 3 N–H and O–H groups in total. The molecule has 0 aliphatic heterocycles. The van der Waals surface area contributed by atoms with E-state index in [9.17, 15) is 4.79 Å². The lowest BCUT2D eigenvalue weighted by molar-refractivity contribution is 0.0635. The number of benzene rings is 1. The van der Waals surface area contributed by atoms with Gasteiger partial charge in [0.1, 0.15) is 11.4 Å². The minimum absolute atomic E-state index is 0.126. The number of hydrogen-bond acceptors (Lipinski definition) is 4. The second-order valence-corrected chi connectivity index (χ2v) is 6.69. The molecule has 0 saturated heterocycles. The van der Waals surface area contributed by atoms with Gasteiger partial charge in [-0.25, -0.2) is 4.79 Å². The number of hydrogen-bond donors (Lipinski definition) is 2. The lowest BCUT2D eigenvalue weighted by Gasteiger charge is -2.21. The predicted molar refractivity (Wildman–Crippen MR) is 82.7 cm³/mol. The Morgan fingerprint density at radius 2 is 2.05 bits per heavy atom. The van der Waals surface area contributed by atoms with Gasteiger partial charge in [-0.15, -0.1) is 0 Å². The lowest BCUT2D eigenvalue weighted by atomic mass is 10.0. The second-order valence-electron chi connectivity index (χ2n) is 6.69. The Balaban J connectivity index is 2.16. The topological polar surface area (TPSA) is 73.6 Å². The monoisotopic (exact) mass is 292 g/mol. The summed E-state index contributed by atoms with van der Waals surface area (Å²) in [4.78, 5) is 12.0. The molecule has 1 amide bonds. The van der Waals surface area contributed by atoms with Crippen molar-refractivity contribution in [1.82, 2.24) is 0 Å². The Kier molecular flexibility index (Phi) is 4.14. The maximum absolute atomic E-state index is 12.0. The van der Waals surface area contributed by atoms with Gasteiger partial charge in [-0.2, -0.15) is 0 Å². The summed E-state index contributed by atoms with van der Waals surface area (Å²) in [7, 11) is 1.59. The van der Waals surface area contributed by atoms with E-state index in [0.29, 0.717) is 11.4 Å². The van der Waals surface area contributed by atoms with E-state index in [-0.39, 0.29) is 5.54 Å². The highest BCUT2D eigenvalue weighted by Crippen LogP contribution is 2.38. The summed E-state index contributed by atoms with van der Waals surface area (Å²) in [6.45, 7) is 5.49. The first-order chi connectivity index (χ1) is 9.71. The lowest BCUT2D eigenvalue weighted by Crippen LogP contribution is -2.28. The van der Waals surface area contributed by atoms with Crippen molar-refractivity contribution in [3.63, 3.8) is 0 Å². The van der Waals surface area contributed by atoms with Crippen molar-refractivity contribution < 1.29 is 14.3 Å². The van der Waals surface area contributed by atoms with Crippen molar-refractivity contribution in [2.45, 2.75) is 51.2 Å². The highest BCUT2D eigenvalue weighted by molar-refractivity contribution is 5.86. The van der Waals surface area contributed by atoms with Gasteiger partial charge in [0, 0.05) is 11.6 Å². The predicted octanol–water partition coefficient (Wildman–Crippen LogP) is 3.08. The minimum Gasteiger partial charge on any atom is -0.497 e. The summed E-state index contributed by atoms with van der Waals surface area (Å²) in [5, 5.41) is 2.80. The van der Waals surface area contributed by atoms with Crippen LogP contribution in [0.25, 0.3) is 0 Å². The largest absolute Gasteiger partial charge is 0.497 e. The van der Waals surface area contributed by atoms with E-state index in [1.54, 1.807) is 13.2 Å². The standard InChI is InChI=1S/C16H24N2O3/c1-15(2,3)21-14(19)18-13-9-12(20-4)6-5-11(13)10-16(17)7-8-16/h5-6,9H,7-8,10,17H2,1-4H3,(H,18,19). The third kappa shape index (κ3) is 4.63. The second kappa shape index (κ2) is 5.56. The normalized spacial score (nSPS) is 16.2. The molecule has 5 nitrogen and oxygen atoms in total. The van der Waals surface area contributed by atoms with E-state index >= 15 is 0 Å². The fourth-order valence-corrected chi connectivity index (χ4v) is 2.08. The van der Waals surface area contributed by atoms with Crippen LogP contribution in [-0.2, 0) is 11.2 Å². The number of ether oxygens (including phenoxy) is 2. The van der Waals surface area contributed by atoms with Gasteiger partial charge in [0.05, 0.1) is 12.8 Å². The number of anilines is 1. The Morgan fingerprint density at radius 3 is 2.57 bits per heavy atom. The summed E-state index contributed by atoms with van der Waals surface area (Å²) >= 11 is 0. The number of methoxy groups -OCH3 is 1. The summed E-state index contributed by atoms with van der Waals surface area (Å²) in [6.07, 6.45) is 2.30. The number of carbonyl (C=O) groups is 1. The zero-order chi connectivity index (χ0) is 15.7. The van der Waals surface area contributed by atoms with Crippen LogP contribution >= 0.6 is 0 Å². The molecule has 0 aromatic heterocycles. The van der Waals surface area contributed by atoms with Crippen molar-refractivity contribution in [3.05, 3.63) is 23.8 Å². The summed E-state index contributed by atoms with van der Waals surface area (Å²) < 4.78 is 10.5. The zero-order valence-electron chi connectivity index (χ0n) is 13.2. The van der Waals surface area contributed by atoms with E-state index in [4.69, 9.17) is 15.2 Å². The fraction of sp³-hybridized carbons (Fsp3) is 0.562. The smallest absolute Gasteiger partial charge is 0.412 e. The van der Waals surface area contributed by atoms with Gasteiger partial charge in [0.25, 0.3) is 0 Å². The van der Waals surface area contributed by atoms with Crippen molar-refractivity contribution in [1.29, 1.82) is 0 Å². The van der Waals surface area contributed by atoms with Gasteiger partial charge in [-0.3, -0.25) is 5.32 Å². The van der Waals surface area contributed by atoms with Crippen molar-refractivity contribution >= 4 is 11.8 Å². The van der Waals surface area contributed by atoms with Crippen LogP contribution in [-0.4, -0.2) is 24.3 Å². The molecule has 1 saturated carbocycles. The Hall–Kier alpha value is -1.75. The molecule has 5 heteroatoms. The SMILES string of the molecule is COc1ccc(CC2(N)CC2)c(NC(=O)OC(C)(C)C)c1. The van der Waals surface area contributed by atoms with E-state index < -0.39 is 11.7 Å². The molecule has 1 aromatic carbocycles. The van der Waals surface area contributed by atoms with E-state index in [1.165, 1.54) is 0 Å². The van der Waals surface area contributed by atoms with Gasteiger partial charge in [-0.05, 0) is 51.7 Å². The third-order valence-corrected chi connectivity index (χ3v) is 3.39. The third-order valence-electron chi connectivity index (χ3n) is 3.39. The van der Waals surface area contributed by atoms with E-state index in [1.807, 2.05) is 32.9 Å². The Morgan fingerprint density at radius 1 is 1.38 bits per heavy atom. The first-order valence-corrected chi connectivity index (χ1v) is 7.17. The molecule has 1 aromatic rings. The van der Waals surface area contributed by atoms with Crippen LogP contribution in [0.4, 0.5) is 10.5 Å². The van der Waals surface area contributed by atoms with Gasteiger partial charge in [0.15, 0.2) is 0 Å². The molecule has 116 valence electrons. The molecule has 0 heterocycles. The minimum atomic E-state index is -0.533. The molecule has 0 unspecified atom stereocenters. The molecular weight excluding hydrogens is 268 g/mol. The Labute approximate surface area is 125 Å². The zero-order valence-corrected chi connectivity index (χ0v) is 13.2. The summed E-state index contributed by atoms with van der Waals surface area (Å²) in [5.41, 5.74) is 7.21. The van der Waals surface area contributed by atoms with Crippen LogP contribution in [0.1, 0.15) is 39.2 Å². The molecule has 0 atom stereocenters. The highest BCUT2D eigenvalue weighted by Gasteiger charge is 2.38. The van der Waals surface area contributed by atoms with Crippen LogP contribution in [0.5, 0.6) is 5.75 Å². The number of rotatable bonds is 4. The van der Waals surface area contributed by atoms with Gasteiger partial charge >= 0.3 is 6.09 Å². The summed E-state index contributed by atoms with van der Waals surface area (Å²) in [5.74, 6) is 0.687. The number of amides is 1. The fourth-order valence-electron chi connectivity index (χ4n) is 2.08. The maximum Gasteiger partial charge on any atom is 0.412 e.